The number of hydrogen-bond acceptors (Lipinski definition) is 1. The fraction of sp³-hybridized carbons (Fsp3) is 0.889. The van der Waals surface area contributed by atoms with Crippen molar-refractivity contribution in [1.29, 1.82) is 0 Å². The molecule has 12 heavy (non-hydrogen) atoms. The molecule has 1 aliphatic carbocycles. The molecule has 0 aromatic heterocycles. The first-order valence-corrected chi connectivity index (χ1v) is 4.41. The highest BCUT2D eigenvalue weighted by Crippen LogP contribution is 2.51. The van der Waals surface area contributed by atoms with Crippen molar-refractivity contribution in [3.63, 3.8) is 0 Å². The molecule has 1 rings (SSSR count). The van der Waals surface area contributed by atoms with Gasteiger partial charge in [0.15, 0.2) is 5.96 Å². The topological polar surface area (TPSA) is 41.6 Å². The van der Waals surface area contributed by atoms with Crippen LogP contribution in [0.2, 0.25) is 0 Å². The van der Waals surface area contributed by atoms with Gasteiger partial charge in [-0.2, -0.15) is 0 Å². The standard InChI is InChI=1S/C9H19N3/c1-9(2)5-7(9)6-11-8(10)12(3)4/h7H,5-6H2,1-4H3,(H2,10,11). The molecule has 0 bridgehead atoms. The summed E-state index contributed by atoms with van der Waals surface area (Å²) in [7, 11) is 3.83. The Morgan fingerprint density at radius 3 is 2.42 bits per heavy atom. The highest BCUT2D eigenvalue weighted by atomic mass is 15.2. The lowest BCUT2D eigenvalue weighted by molar-refractivity contribution is 0.556. The van der Waals surface area contributed by atoms with Gasteiger partial charge in [0, 0.05) is 20.6 Å². The molecule has 0 saturated heterocycles. The monoisotopic (exact) mass is 169 g/mol. The van der Waals surface area contributed by atoms with Gasteiger partial charge in [-0.25, -0.2) is 0 Å². The minimum atomic E-state index is 0.510. The molecule has 3 heteroatoms. The molecule has 70 valence electrons. The molecule has 0 radical (unpaired) electrons. The second-order valence-corrected chi connectivity index (χ2v) is 4.48. The molecule has 0 heterocycles. The number of aliphatic imine (C=N–C) groups is 1. The largest absolute Gasteiger partial charge is 0.370 e. The summed E-state index contributed by atoms with van der Waals surface area (Å²) in [5, 5.41) is 0. The van der Waals surface area contributed by atoms with Crippen LogP contribution in [0.25, 0.3) is 0 Å². The average Bonchev–Trinajstić information content (AvgIpc) is 2.54. The molecule has 1 saturated carbocycles. The Morgan fingerprint density at radius 2 is 2.08 bits per heavy atom. The third-order valence-corrected chi connectivity index (χ3v) is 2.65. The predicted molar refractivity (Wildman–Crippen MR) is 52.1 cm³/mol. The van der Waals surface area contributed by atoms with Gasteiger partial charge in [-0.05, 0) is 17.8 Å². The molecule has 3 nitrogen and oxygen atoms in total. The van der Waals surface area contributed by atoms with Crippen molar-refractivity contribution in [2.24, 2.45) is 22.1 Å². The van der Waals surface area contributed by atoms with E-state index in [4.69, 9.17) is 5.73 Å². The second-order valence-electron chi connectivity index (χ2n) is 4.48. The number of nitrogens with two attached hydrogens (primary N) is 1. The van der Waals surface area contributed by atoms with Crippen LogP contribution < -0.4 is 5.73 Å². The van der Waals surface area contributed by atoms with E-state index < -0.39 is 0 Å². The van der Waals surface area contributed by atoms with Crippen LogP contribution in [-0.2, 0) is 0 Å². The van der Waals surface area contributed by atoms with E-state index in [0.29, 0.717) is 11.4 Å². The van der Waals surface area contributed by atoms with E-state index in [2.05, 4.69) is 18.8 Å². The van der Waals surface area contributed by atoms with Gasteiger partial charge in [-0.3, -0.25) is 4.99 Å². The summed E-state index contributed by atoms with van der Waals surface area (Å²) in [4.78, 5) is 6.14. The van der Waals surface area contributed by atoms with E-state index in [1.807, 2.05) is 19.0 Å². The van der Waals surface area contributed by atoms with Crippen molar-refractivity contribution in [1.82, 2.24) is 4.90 Å². The van der Waals surface area contributed by atoms with Gasteiger partial charge >= 0.3 is 0 Å². The Labute approximate surface area is 74.6 Å². The van der Waals surface area contributed by atoms with Gasteiger partial charge in [0.2, 0.25) is 0 Å². The molecule has 0 aromatic rings. The van der Waals surface area contributed by atoms with E-state index in [9.17, 15) is 0 Å². The van der Waals surface area contributed by atoms with Crippen molar-refractivity contribution in [3.05, 3.63) is 0 Å². The molecule has 0 spiro atoms. The van der Waals surface area contributed by atoms with Crippen LogP contribution >= 0.6 is 0 Å². The first-order chi connectivity index (χ1) is 5.43. The van der Waals surface area contributed by atoms with Gasteiger partial charge in [-0.15, -0.1) is 0 Å². The van der Waals surface area contributed by atoms with Gasteiger partial charge in [0.05, 0.1) is 0 Å². The molecule has 1 unspecified atom stereocenters. The quantitative estimate of drug-likeness (QED) is 0.493. The minimum absolute atomic E-state index is 0.510. The maximum absolute atomic E-state index is 5.66. The molecule has 0 aliphatic heterocycles. The maximum Gasteiger partial charge on any atom is 0.190 e. The van der Waals surface area contributed by atoms with Gasteiger partial charge in [-0.1, -0.05) is 13.8 Å². The van der Waals surface area contributed by atoms with Crippen LogP contribution in [0.15, 0.2) is 4.99 Å². The van der Waals surface area contributed by atoms with E-state index >= 15 is 0 Å². The van der Waals surface area contributed by atoms with E-state index in [1.54, 1.807) is 0 Å². The van der Waals surface area contributed by atoms with Crippen molar-refractivity contribution in [2.75, 3.05) is 20.6 Å². The zero-order chi connectivity index (χ0) is 9.35. The van der Waals surface area contributed by atoms with Crippen LogP contribution in [0.1, 0.15) is 20.3 Å². The van der Waals surface area contributed by atoms with Crippen molar-refractivity contribution >= 4 is 5.96 Å². The molecular weight excluding hydrogens is 150 g/mol. The fourth-order valence-corrected chi connectivity index (χ4v) is 1.23. The average molecular weight is 169 g/mol. The fourth-order valence-electron chi connectivity index (χ4n) is 1.23. The number of guanidine groups is 1. The van der Waals surface area contributed by atoms with Crippen molar-refractivity contribution in [3.8, 4) is 0 Å². The van der Waals surface area contributed by atoms with Crippen LogP contribution in [0.4, 0.5) is 0 Å². The summed E-state index contributed by atoms with van der Waals surface area (Å²) in [6, 6.07) is 0. The van der Waals surface area contributed by atoms with Crippen LogP contribution in [0, 0.1) is 11.3 Å². The van der Waals surface area contributed by atoms with Gasteiger partial charge < -0.3 is 10.6 Å². The smallest absolute Gasteiger partial charge is 0.190 e. The normalized spacial score (nSPS) is 27.0. The van der Waals surface area contributed by atoms with Crippen LogP contribution in [0.5, 0.6) is 0 Å². The SMILES string of the molecule is CN(C)C(N)=NCC1CC1(C)C. The highest BCUT2D eigenvalue weighted by molar-refractivity contribution is 5.77. The molecule has 2 N–H and O–H groups in total. The number of nitrogens with zero attached hydrogens (tertiary/aromatic N) is 2. The summed E-state index contributed by atoms with van der Waals surface area (Å²) in [5.74, 6) is 1.38. The summed E-state index contributed by atoms with van der Waals surface area (Å²) < 4.78 is 0. The number of rotatable bonds is 2. The minimum Gasteiger partial charge on any atom is -0.370 e. The summed E-state index contributed by atoms with van der Waals surface area (Å²) in [6.45, 7) is 5.44. The van der Waals surface area contributed by atoms with Crippen LogP contribution in [0.3, 0.4) is 0 Å². The first kappa shape index (κ1) is 9.36. The van der Waals surface area contributed by atoms with Crippen LogP contribution in [-0.4, -0.2) is 31.5 Å². The van der Waals surface area contributed by atoms with E-state index in [-0.39, 0.29) is 0 Å². The Balaban J connectivity index is 2.31. The first-order valence-electron chi connectivity index (χ1n) is 4.41. The van der Waals surface area contributed by atoms with Crippen molar-refractivity contribution in [2.45, 2.75) is 20.3 Å². The maximum atomic E-state index is 5.66. The van der Waals surface area contributed by atoms with Gasteiger partial charge in [0.1, 0.15) is 0 Å². The summed E-state index contributed by atoms with van der Waals surface area (Å²) in [5.41, 5.74) is 6.17. The second kappa shape index (κ2) is 2.96. The highest BCUT2D eigenvalue weighted by Gasteiger charge is 2.45. The Hall–Kier alpha value is -0.730. The molecule has 1 atom stereocenters. The molecule has 0 amide bonds. The summed E-state index contributed by atoms with van der Waals surface area (Å²) in [6.07, 6.45) is 1.29. The zero-order valence-electron chi connectivity index (χ0n) is 8.46. The predicted octanol–water partition coefficient (Wildman–Crippen LogP) is 0.909. The molecule has 1 aliphatic rings. The Morgan fingerprint density at radius 1 is 1.58 bits per heavy atom. The molecular formula is C9H19N3. The lowest BCUT2D eigenvalue weighted by Gasteiger charge is -2.10. The zero-order valence-corrected chi connectivity index (χ0v) is 8.46. The Kier molecular flexibility index (Phi) is 2.31. The third-order valence-electron chi connectivity index (χ3n) is 2.65. The Bertz CT molecular complexity index is 194. The summed E-state index contributed by atoms with van der Waals surface area (Å²) >= 11 is 0. The van der Waals surface area contributed by atoms with E-state index in [0.717, 1.165) is 12.5 Å². The van der Waals surface area contributed by atoms with Gasteiger partial charge in [0.25, 0.3) is 0 Å². The molecule has 1 fully saturated rings. The lowest BCUT2D eigenvalue weighted by Crippen LogP contribution is -2.30. The van der Waals surface area contributed by atoms with Crippen molar-refractivity contribution < 1.29 is 0 Å². The third kappa shape index (κ3) is 2.13. The lowest BCUT2D eigenvalue weighted by atomic mass is 10.1. The number of hydrogen-bond donors (Lipinski definition) is 1. The van der Waals surface area contributed by atoms with E-state index in [1.165, 1.54) is 6.42 Å². The molecule has 0 aromatic carbocycles.